The van der Waals surface area contributed by atoms with E-state index in [0.717, 1.165) is 37.1 Å². The molecule has 4 rings (SSSR count). The number of urea groups is 1. The van der Waals surface area contributed by atoms with Gasteiger partial charge in [-0.1, -0.05) is 42.5 Å². The molecule has 2 fully saturated rings. The minimum atomic E-state index is -0.914. The van der Waals surface area contributed by atoms with Crippen molar-refractivity contribution in [2.75, 3.05) is 20.2 Å². The summed E-state index contributed by atoms with van der Waals surface area (Å²) in [6, 6.07) is 14.9. The second-order valence-electron chi connectivity index (χ2n) is 8.06. The number of benzene rings is 2. The first-order valence-electron chi connectivity index (χ1n) is 10.3. The number of hydrogen-bond acceptors (Lipinski definition) is 5. The molecule has 7 nitrogen and oxygen atoms in total. The summed E-state index contributed by atoms with van der Waals surface area (Å²) in [6.45, 7) is 2.17. The van der Waals surface area contributed by atoms with Gasteiger partial charge in [-0.05, 0) is 43.5 Å². The van der Waals surface area contributed by atoms with E-state index in [1.54, 1.807) is 6.07 Å². The van der Waals surface area contributed by atoms with Gasteiger partial charge in [-0.3, -0.25) is 15.0 Å². The molecule has 3 N–H and O–H groups in total. The molecular weight excluding hydrogens is 382 g/mol. The van der Waals surface area contributed by atoms with Crippen LogP contribution in [0.3, 0.4) is 0 Å². The van der Waals surface area contributed by atoms with E-state index >= 15 is 0 Å². The molecular formula is C23H27N3O4. The standard InChI is InChI=1S/C23H27N3O4/c1-30-19-9-5-8-17(20(19)27)15-26-12-10-18(11-13-26)23(21(28)24-22(29)25-23)14-16-6-3-2-4-7-16/h2-9,18,27H,10-15H2,1H3,(H2,24,25,28,29)/t23-/m1/s1. The lowest BCUT2D eigenvalue weighted by Gasteiger charge is -2.40. The maximum atomic E-state index is 12.8. The van der Waals surface area contributed by atoms with Crippen molar-refractivity contribution < 1.29 is 19.4 Å². The van der Waals surface area contributed by atoms with Gasteiger partial charge in [0.2, 0.25) is 0 Å². The average molecular weight is 409 g/mol. The number of likely N-dealkylation sites (tertiary alicyclic amines) is 1. The van der Waals surface area contributed by atoms with Crippen LogP contribution in [0.5, 0.6) is 11.5 Å². The third-order valence-corrected chi connectivity index (χ3v) is 6.28. The van der Waals surface area contributed by atoms with Crippen LogP contribution in [0, 0.1) is 5.92 Å². The molecule has 158 valence electrons. The number of nitrogens with one attached hydrogen (secondary N) is 2. The predicted molar refractivity (Wildman–Crippen MR) is 112 cm³/mol. The van der Waals surface area contributed by atoms with Gasteiger partial charge in [0.1, 0.15) is 5.54 Å². The zero-order valence-corrected chi connectivity index (χ0v) is 17.1. The van der Waals surface area contributed by atoms with Crippen LogP contribution in [-0.2, 0) is 17.8 Å². The average Bonchev–Trinajstić information content (AvgIpc) is 3.04. The third-order valence-electron chi connectivity index (χ3n) is 6.28. The molecule has 30 heavy (non-hydrogen) atoms. The van der Waals surface area contributed by atoms with E-state index in [4.69, 9.17) is 4.74 Å². The Hall–Kier alpha value is -3.06. The van der Waals surface area contributed by atoms with Gasteiger partial charge in [-0.25, -0.2) is 4.79 Å². The lowest BCUT2D eigenvalue weighted by Crippen LogP contribution is -2.57. The largest absolute Gasteiger partial charge is 0.504 e. The molecule has 0 aromatic heterocycles. The highest BCUT2D eigenvalue weighted by molar-refractivity contribution is 6.07. The molecule has 2 heterocycles. The molecule has 0 radical (unpaired) electrons. The summed E-state index contributed by atoms with van der Waals surface area (Å²) in [6.07, 6.45) is 2.04. The highest BCUT2D eigenvalue weighted by Crippen LogP contribution is 2.36. The van der Waals surface area contributed by atoms with Gasteiger partial charge in [-0.2, -0.15) is 0 Å². The molecule has 2 aromatic rings. The summed E-state index contributed by atoms with van der Waals surface area (Å²) >= 11 is 0. The van der Waals surface area contributed by atoms with Crippen LogP contribution in [0.2, 0.25) is 0 Å². The van der Waals surface area contributed by atoms with Crippen molar-refractivity contribution >= 4 is 11.9 Å². The monoisotopic (exact) mass is 409 g/mol. The molecule has 0 bridgehead atoms. The van der Waals surface area contributed by atoms with Crippen LogP contribution >= 0.6 is 0 Å². The topological polar surface area (TPSA) is 90.9 Å². The highest BCUT2D eigenvalue weighted by Gasteiger charge is 2.52. The number of rotatable bonds is 6. The number of aromatic hydroxyl groups is 1. The van der Waals surface area contributed by atoms with Gasteiger partial charge in [-0.15, -0.1) is 0 Å². The van der Waals surface area contributed by atoms with Crippen molar-refractivity contribution in [1.82, 2.24) is 15.5 Å². The first-order valence-corrected chi connectivity index (χ1v) is 10.3. The second-order valence-corrected chi connectivity index (χ2v) is 8.06. The lowest BCUT2D eigenvalue weighted by molar-refractivity contribution is -0.126. The van der Waals surface area contributed by atoms with Gasteiger partial charge in [0.05, 0.1) is 7.11 Å². The van der Waals surface area contributed by atoms with Crippen LogP contribution in [-0.4, -0.2) is 47.7 Å². The minimum Gasteiger partial charge on any atom is -0.504 e. The predicted octanol–water partition coefficient (Wildman–Crippen LogP) is 2.43. The number of piperidine rings is 1. The summed E-state index contributed by atoms with van der Waals surface area (Å²) in [5.41, 5.74) is 0.931. The lowest BCUT2D eigenvalue weighted by atomic mass is 9.74. The van der Waals surface area contributed by atoms with E-state index in [1.165, 1.54) is 7.11 Å². The van der Waals surface area contributed by atoms with E-state index in [-0.39, 0.29) is 17.6 Å². The third kappa shape index (κ3) is 3.85. The van der Waals surface area contributed by atoms with E-state index in [0.29, 0.717) is 18.7 Å². The molecule has 1 atom stereocenters. The number of imide groups is 1. The molecule has 7 heteroatoms. The Bertz CT molecular complexity index is 925. The van der Waals surface area contributed by atoms with Crippen LogP contribution in [0.25, 0.3) is 0 Å². The smallest absolute Gasteiger partial charge is 0.322 e. The van der Waals surface area contributed by atoms with Crippen molar-refractivity contribution in [1.29, 1.82) is 0 Å². The van der Waals surface area contributed by atoms with E-state index in [1.807, 2.05) is 42.5 Å². The SMILES string of the molecule is COc1cccc(CN2CCC([C@@]3(Cc4ccccc4)NC(=O)NC3=O)CC2)c1O. The first kappa shape index (κ1) is 20.2. The van der Waals surface area contributed by atoms with Crippen molar-refractivity contribution in [2.24, 2.45) is 5.92 Å². The number of phenolic OH excluding ortho intramolecular Hbond substituents is 1. The number of para-hydroxylation sites is 1. The molecule has 0 spiro atoms. The van der Waals surface area contributed by atoms with Crippen molar-refractivity contribution in [3.63, 3.8) is 0 Å². The Labute approximate surface area is 176 Å². The molecule has 3 amide bonds. The normalized spacial score (nSPS) is 22.6. The van der Waals surface area contributed by atoms with Crippen molar-refractivity contribution in [2.45, 2.75) is 31.3 Å². The van der Waals surface area contributed by atoms with Gasteiger partial charge in [0.15, 0.2) is 11.5 Å². The second kappa shape index (κ2) is 8.36. The molecule has 2 aromatic carbocycles. The minimum absolute atomic E-state index is 0.0410. The van der Waals surface area contributed by atoms with Crippen LogP contribution < -0.4 is 15.4 Å². The summed E-state index contributed by atoms with van der Waals surface area (Å²) in [5, 5.41) is 15.8. The van der Waals surface area contributed by atoms with Crippen molar-refractivity contribution in [3.05, 3.63) is 59.7 Å². The maximum absolute atomic E-state index is 12.8. The van der Waals surface area contributed by atoms with Gasteiger partial charge in [0.25, 0.3) is 5.91 Å². The van der Waals surface area contributed by atoms with E-state index < -0.39 is 11.6 Å². The zero-order chi connectivity index (χ0) is 21.1. The Balaban J connectivity index is 1.47. The Morgan fingerprint density at radius 3 is 2.47 bits per heavy atom. The van der Waals surface area contributed by atoms with Gasteiger partial charge >= 0.3 is 6.03 Å². The molecule has 2 saturated heterocycles. The summed E-state index contributed by atoms with van der Waals surface area (Å²) in [7, 11) is 1.54. The molecule has 0 saturated carbocycles. The number of carbonyl (C=O) groups excluding carboxylic acids is 2. The summed E-state index contributed by atoms with van der Waals surface area (Å²) in [5.74, 6) is 0.444. The summed E-state index contributed by atoms with van der Waals surface area (Å²) < 4.78 is 5.20. The number of hydrogen-bond donors (Lipinski definition) is 3. The Morgan fingerprint density at radius 1 is 1.10 bits per heavy atom. The molecule has 0 aliphatic carbocycles. The van der Waals surface area contributed by atoms with Crippen LogP contribution in [0.15, 0.2) is 48.5 Å². The molecule has 2 aliphatic rings. The van der Waals surface area contributed by atoms with E-state index in [9.17, 15) is 14.7 Å². The highest BCUT2D eigenvalue weighted by atomic mass is 16.5. The number of phenols is 1. The maximum Gasteiger partial charge on any atom is 0.322 e. The Kier molecular flexibility index (Phi) is 5.63. The molecule has 2 aliphatic heterocycles. The number of ether oxygens (including phenoxy) is 1. The zero-order valence-electron chi connectivity index (χ0n) is 17.1. The number of carbonyl (C=O) groups is 2. The quantitative estimate of drug-likeness (QED) is 0.638. The first-order chi connectivity index (χ1) is 14.5. The fourth-order valence-electron chi connectivity index (χ4n) is 4.66. The number of methoxy groups -OCH3 is 1. The number of nitrogens with zero attached hydrogens (tertiary/aromatic N) is 1. The fraction of sp³-hybridized carbons (Fsp3) is 0.391. The van der Waals surface area contributed by atoms with Gasteiger partial charge < -0.3 is 15.2 Å². The fourth-order valence-corrected chi connectivity index (χ4v) is 4.66. The van der Waals surface area contributed by atoms with Crippen molar-refractivity contribution in [3.8, 4) is 11.5 Å². The van der Waals surface area contributed by atoms with E-state index in [2.05, 4.69) is 15.5 Å². The molecule has 0 unspecified atom stereocenters. The van der Waals surface area contributed by atoms with Gasteiger partial charge in [0, 0.05) is 18.5 Å². The van der Waals surface area contributed by atoms with Crippen LogP contribution in [0.1, 0.15) is 24.0 Å². The summed E-state index contributed by atoms with van der Waals surface area (Å²) in [4.78, 5) is 27.1. The number of amides is 3. The van der Waals surface area contributed by atoms with Crippen LogP contribution in [0.4, 0.5) is 4.79 Å². The Morgan fingerprint density at radius 2 is 1.83 bits per heavy atom.